The van der Waals surface area contributed by atoms with Crippen LogP contribution in [0.3, 0.4) is 0 Å². The lowest BCUT2D eigenvalue weighted by Crippen LogP contribution is -2.19. The number of hydrogen-bond donors (Lipinski definition) is 1. The second-order valence-corrected chi connectivity index (χ2v) is 6.99. The van der Waals surface area contributed by atoms with Gasteiger partial charge in [-0.3, -0.25) is 4.79 Å². The van der Waals surface area contributed by atoms with Gasteiger partial charge in [-0.2, -0.15) is 0 Å². The van der Waals surface area contributed by atoms with E-state index in [2.05, 4.69) is 10.3 Å². The molecule has 1 heterocycles. The van der Waals surface area contributed by atoms with Crippen LogP contribution in [0.4, 0.5) is 5.69 Å². The molecule has 0 saturated carbocycles. The molecule has 3 rings (SSSR count). The van der Waals surface area contributed by atoms with Crippen molar-refractivity contribution in [3.63, 3.8) is 0 Å². The first-order valence-electron chi connectivity index (χ1n) is 7.78. The smallest absolute Gasteiger partial charge is 0.264 e. The number of carbonyl (C=O) groups is 1. The lowest BCUT2D eigenvalue weighted by atomic mass is 10.1. The van der Waals surface area contributed by atoms with Gasteiger partial charge in [0.15, 0.2) is 5.17 Å². The van der Waals surface area contributed by atoms with Gasteiger partial charge in [0.25, 0.3) is 5.91 Å². The zero-order valence-corrected chi connectivity index (χ0v) is 16.1. The van der Waals surface area contributed by atoms with Gasteiger partial charge in [0.2, 0.25) is 0 Å². The van der Waals surface area contributed by atoms with Crippen LogP contribution in [0, 0.1) is 6.92 Å². The minimum atomic E-state index is -0.190. The van der Waals surface area contributed by atoms with Crippen molar-refractivity contribution in [2.45, 2.75) is 6.92 Å². The molecule has 0 aromatic heterocycles. The molecule has 1 fully saturated rings. The number of aryl methyl sites for hydroxylation is 1. The van der Waals surface area contributed by atoms with E-state index >= 15 is 0 Å². The van der Waals surface area contributed by atoms with E-state index in [1.807, 2.05) is 31.2 Å². The van der Waals surface area contributed by atoms with E-state index in [1.165, 1.54) is 11.8 Å². The van der Waals surface area contributed by atoms with Crippen LogP contribution in [-0.2, 0) is 4.79 Å². The molecule has 2 aromatic rings. The molecule has 7 heteroatoms. The van der Waals surface area contributed by atoms with E-state index < -0.39 is 0 Å². The number of methoxy groups -OCH3 is 2. The minimum absolute atomic E-state index is 0.190. The highest BCUT2D eigenvalue weighted by Crippen LogP contribution is 2.34. The van der Waals surface area contributed by atoms with Crippen LogP contribution in [0.1, 0.15) is 11.1 Å². The first-order valence-corrected chi connectivity index (χ1v) is 8.97. The molecule has 0 spiro atoms. The Labute approximate surface area is 161 Å². The summed E-state index contributed by atoms with van der Waals surface area (Å²) in [6.45, 7) is 1.97. The maximum Gasteiger partial charge on any atom is 0.264 e. The number of nitrogens with one attached hydrogen (secondary N) is 1. The summed E-state index contributed by atoms with van der Waals surface area (Å²) in [4.78, 5) is 17.3. The summed E-state index contributed by atoms with van der Waals surface area (Å²) in [6.07, 6.45) is 1.84. The Morgan fingerprint density at radius 3 is 2.65 bits per heavy atom. The number of ether oxygens (including phenoxy) is 2. The molecule has 0 atom stereocenters. The number of rotatable bonds is 4. The van der Waals surface area contributed by atoms with Gasteiger partial charge in [0, 0.05) is 5.02 Å². The minimum Gasteiger partial charge on any atom is -0.497 e. The molecule has 134 valence electrons. The highest BCUT2D eigenvalue weighted by molar-refractivity contribution is 8.18. The van der Waals surface area contributed by atoms with Gasteiger partial charge in [-0.05, 0) is 66.2 Å². The fourth-order valence-electron chi connectivity index (χ4n) is 2.42. The molecule has 26 heavy (non-hydrogen) atoms. The Hall–Kier alpha value is -2.44. The number of aliphatic imine (C=N–C) groups is 1. The maximum absolute atomic E-state index is 12.3. The maximum atomic E-state index is 12.3. The van der Waals surface area contributed by atoms with E-state index in [-0.39, 0.29) is 5.91 Å². The average molecular weight is 389 g/mol. The fourth-order valence-corrected chi connectivity index (χ4v) is 3.41. The Balaban J connectivity index is 1.88. The van der Waals surface area contributed by atoms with E-state index in [0.717, 1.165) is 16.9 Å². The summed E-state index contributed by atoms with van der Waals surface area (Å²) in [5, 5.41) is 3.79. The van der Waals surface area contributed by atoms with Gasteiger partial charge in [0.1, 0.15) is 17.2 Å². The number of benzene rings is 2. The van der Waals surface area contributed by atoms with Crippen LogP contribution in [-0.4, -0.2) is 25.3 Å². The summed E-state index contributed by atoms with van der Waals surface area (Å²) < 4.78 is 10.5. The molecule has 5 nitrogen and oxygen atoms in total. The van der Waals surface area contributed by atoms with E-state index in [4.69, 9.17) is 21.1 Å². The zero-order chi connectivity index (χ0) is 18.7. The number of carbonyl (C=O) groups excluding carboxylic acids is 1. The normalized spacial score (nSPS) is 16.8. The number of halogens is 1. The Morgan fingerprint density at radius 2 is 1.96 bits per heavy atom. The molecule has 1 aliphatic heterocycles. The molecule has 1 aliphatic rings. The van der Waals surface area contributed by atoms with Gasteiger partial charge in [0.05, 0.1) is 19.1 Å². The van der Waals surface area contributed by atoms with Crippen molar-refractivity contribution in [3.05, 3.63) is 57.5 Å². The molecular formula is C19H17ClN2O3S. The number of amidine groups is 1. The largest absolute Gasteiger partial charge is 0.497 e. The zero-order valence-electron chi connectivity index (χ0n) is 14.5. The third-order valence-electron chi connectivity index (χ3n) is 3.78. The summed E-state index contributed by atoms with van der Waals surface area (Å²) >= 11 is 7.30. The molecule has 1 N–H and O–H groups in total. The quantitative estimate of drug-likeness (QED) is 0.780. The number of amides is 1. The Bertz CT molecular complexity index is 925. The standard InChI is InChI=1S/C19H17ClN2O3S/c1-11-8-14(24-2)6-4-12(11)9-17-18(23)22-19(26-17)21-15-10-13(20)5-7-16(15)25-3/h4-10H,1-3H3,(H,21,22,23)/b17-9-. The summed E-state index contributed by atoms with van der Waals surface area (Å²) in [6, 6.07) is 10.9. The average Bonchev–Trinajstić information content (AvgIpc) is 2.96. The van der Waals surface area contributed by atoms with Gasteiger partial charge < -0.3 is 14.8 Å². The summed E-state index contributed by atoms with van der Waals surface area (Å²) in [7, 11) is 3.19. The lowest BCUT2D eigenvalue weighted by Gasteiger charge is -2.05. The lowest BCUT2D eigenvalue weighted by molar-refractivity contribution is -0.115. The van der Waals surface area contributed by atoms with E-state index in [9.17, 15) is 4.79 Å². The van der Waals surface area contributed by atoms with Gasteiger partial charge in [-0.1, -0.05) is 17.7 Å². The van der Waals surface area contributed by atoms with Crippen LogP contribution in [0.25, 0.3) is 6.08 Å². The monoisotopic (exact) mass is 388 g/mol. The first-order chi connectivity index (χ1) is 12.5. The highest BCUT2D eigenvalue weighted by atomic mass is 35.5. The van der Waals surface area contributed by atoms with Crippen LogP contribution < -0.4 is 14.8 Å². The van der Waals surface area contributed by atoms with Crippen LogP contribution in [0.5, 0.6) is 11.5 Å². The van der Waals surface area contributed by atoms with Gasteiger partial charge >= 0.3 is 0 Å². The number of thioether (sulfide) groups is 1. The third-order valence-corrected chi connectivity index (χ3v) is 4.92. The second-order valence-electron chi connectivity index (χ2n) is 5.52. The summed E-state index contributed by atoms with van der Waals surface area (Å²) in [5.74, 6) is 1.17. The van der Waals surface area contributed by atoms with Crippen molar-refractivity contribution in [2.75, 3.05) is 14.2 Å². The van der Waals surface area contributed by atoms with Crippen molar-refractivity contribution in [2.24, 2.45) is 4.99 Å². The van der Waals surface area contributed by atoms with Gasteiger partial charge in [-0.25, -0.2) is 4.99 Å². The number of nitrogens with zero attached hydrogens (tertiary/aromatic N) is 1. The molecule has 1 amide bonds. The van der Waals surface area contributed by atoms with Crippen molar-refractivity contribution in [1.29, 1.82) is 0 Å². The molecule has 0 bridgehead atoms. The Kier molecular flexibility index (Phi) is 5.54. The van der Waals surface area contributed by atoms with Crippen LogP contribution in [0.15, 0.2) is 46.3 Å². The summed E-state index contributed by atoms with van der Waals surface area (Å²) in [5.41, 5.74) is 2.53. The van der Waals surface area contributed by atoms with Gasteiger partial charge in [-0.15, -0.1) is 0 Å². The molecular weight excluding hydrogens is 372 g/mol. The van der Waals surface area contributed by atoms with Crippen LogP contribution >= 0.6 is 23.4 Å². The SMILES string of the molecule is COc1ccc(/C=C2\SC(=Nc3cc(Cl)ccc3OC)NC2=O)c(C)c1. The van der Waals surface area contributed by atoms with Crippen molar-refractivity contribution >= 4 is 46.2 Å². The van der Waals surface area contributed by atoms with Crippen molar-refractivity contribution < 1.29 is 14.3 Å². The predicted octanol–water partition coefficient (Wildman–Crippen LogP) is 4.56. The van der Waals surface area contributed by atoms with E-state index in [0.29, 0.717) is 26.5 Å². The molecule has 2 aromatic carbocycles. The number of hydrogen-bond acceptors (Lipinski definition) is 5. The highest BCUT2D eigenvalue weighted by Gasteiger charge is 2.24. The van der Waals surface area contributed by atoms with Crippen molar-refractivity contribution in [1.82, 2.24) is 5.32 Å². The first kappa shape index (κ1) is 18.4. The topological polar surface area (TPSA) is 59.9 Å². The fraction of sp³-hybridized carbons (Fsp3) is 0.158. The molecule has 1 saturated heterocycles. The molecule has 0 unspecified atom stereocenters. The Morgan fingerprint density at radius 1 is 1.15 bits per heavy atom. The molecule has 0 radical (unpaired) electrons. The molecule has 0 aliphatic carbocycles. The second kappa shape index (κ2) is 7.85. The van der Waals surface area contributed by atoms with Crippen molar-refractivity contribution in [3.8, 4) is 11.5 Å². The third kappa shape index (κ3) is 4.03. The van der Waals surface area contributed by atoms with Crippen LogP contribution in [0.2, 0.25) is 5.02 Å². The van der Waals surface area contributed by atoms with E-state index in [1.54, 1.807) is 32.4 Å². The predicted molar refractivity (Wildman–Crippen MR) is 107 cm³/mol.